The summed E-state index contributed by atoms with van der Waals surface area (Å²) >= 11 is -4.25. The van der Waals surface area contributed by atoms with Gasteiger partial charge in [0.05, 0.1) is 68.3 Å². The van der Waals surface area contributed by atoms with Gasteiger partial charge < -0.3 is 51.1 Å². The van der Waals surface area contributed by atoms with E-state index in [1.165, 1.54) is 32.1 Å². The van der Waals surface area contributed by atoms with Crippen molar-refractivity contribution in [1.29, 1.82) is 0 Å². The van der Waals surface area contributed by atoms with E-state index in [-0.39, 0.29) is 33.6 Å². The van der Waals surface area contributed by atoms with Crippen LogP contribution < -0.4 is 15.1 Å². The normalized spacial score (nSPS) is 33.7. The molecule has 7 fully saturated rings. The molecule has 499 valence electrons. The van der Waals surface area contributed by atoms with Crippen molar-refractivity contribution in [3.8, 4) is 69.0 Å². The van der Waals surface area contributed by atoms with Gasteiger partial charge in [0.2, 0.25) is 0 Å². The summed E-state index contributed by atoms with van der Waals surface area (Å²) < 4.78 is 28.2. The van der Waals surface area contributed by atoms with Gasteiger partial charge in [-0.05, 0) is 49.2 Å². The van der Waals surface area contributed by atoms with Crippen molar-refractivity contribution in [1.82, 2.24) is 0 Å². The number of rotatable bonds is 4. The standard InChI is InChI=1S/C30H22O12.C28H18O11.2C6H6O2.2Sb/c1-5-3-7(31)9-11(19(5)33)27(41)29-13(23(37)17(29)25(39)15(29)21(9)35)14-24(38)18-26(40)16-22(36)10-8(32)4-6(2)20(34)12(10)28(42)30(14,16)18;29-8-1-3-10(31)14-12(8)20(33)6-5-7-21(34)16(27(6,7)25(14)38)17-23(36)19-24(37)18-22(35)13-9(30)2-4-11(32)15(13)26(39)28(17,18)19;2*7-5-3-1-2-4-6(5)8;;/h3-4,13-14,17-18,23-24,31-38H,1-2H3;1-5,7,16-17,19,21,23,29-32,34-36H;2*1-4,7-8H;;/q;;;;+2;+3/p-5. The van der Waals surface area contributed by atoms with Gasteiger partial charge in [0.1, 0.15) is 40.3 Å². The van der Waals surface area contributed by atoms with Crippen molar-refractivity contribution in [2.75, 3.05) is 0 Å². The van der Waals surface area contributed by atoms with Crippen molar-refractivity contribution in [2.24, 2.45) is 69.0 Å². The molecule has 7 saturated carbocycles. The van der Waals surface area contributed by atoms with E-state index in [9.17, 15) is 110 Å². The fourth-order valence-corrected chi connectivity index (χ4v) is 23.9. The van der Waals surface area contributed by atoms with Crippen LogP contribution in [0.1, 0.15) is 79.6 Å². The fraction of sp³-hybridized carbons (Fsp3) is 0.257. The molecule has 14 aliphatic rings. The van der Waals surface area contributed by atoms with Gasteiger partial charge in [-0.2, -0.15) is 0 Å². The molecular weight excluding hydrogens is 1520 g/mol. The number of phenols is 7. The van der Waals surface area contributed by atoms with E-state index in [0.717, 1.165) is 35.8 Å². The molecule has 1 radical (unpaired) electrons. The van der Waals surface area contributed by atoms with Gasteiger partial charge in [-0.3, -0.25) is 19.2 Å². The number of ketones is 8. The van der Waals surface area contributed by atoms with Crippen LogP contribution in [0.3, 0.4) is 0 Å². The van der Waals surface area contributed by atoms with Gasteiger partial charge in [-0.25, -0.2) is 0 Å². The maximum atomic E-state index is 14.6. The number of allylic oxidation sites excluding steroid dienone is 4. The number of para-hydroxylation sites is 4. The zero-order valence-corrected chi connectivity index (χ0v) is 55.7. The summed E-state index contributed by atoms with van der Waals surface area (Å²) in [6, 6.07) is 21.5. The van der Waals surface area contributed by atoms with Crippen LogP contribution in [0.2, 0.25) is 0 Å². The number of phenolic OH excluding ortho intramolecular Hbond substituents is 7. The number of aryl methyl sites for hydroxylation is 2. The molecule has 6 aromatic rings. The molecule has 16 atom stereocenters. The Bertz CT molecular complexity index is 5030. The molecule has 0 amide bonds. The second kappa shape index (κ2) is 19.5. The monoisotopic (exact) mass is 1560 g/mol. The van der Waals surface area contributed by atoms with E-state index in [2.05, 4.69) is 0 Å². The van der Waals surface area contributed by atoms with Crippen LogP contribution in [0, 0.1) is 82.9 Å². The Kier molecular flexibility index (Phi) is 12.1. The van der Waals surface area contributed by atoms with Gasteiger partial charge in [-0.15, -0.1) is 0 Å². The van der Waals surface area contributed by atoms with Crippen molar-refractivity contribution in [3.05, 3.63) is 169 Å². The van der Waals surface area contributed by atoms with Gasteiger partial charge in [-0.1, -0.05) is 0 Å². The Labute approximate surface area is 573 Å². The number of fused-ring (bicyclic) bond motifs is 6. The van der Waals surface area contributed by atoms with E-state index in [1.54, 1.807) is 24.3 Å². The SMILES string of the molecule is Cc1cc(O)c2c(c1O)C(=O)C13C(=C2O)C(=O)C1C(O)C3C1C(O)C2C(=O)C3=C(O)c4c(O)cc(C)c(O)c4C(=O)C321.O=C1C2=CC3C(O)C(C4C(O)C5C(=O)C6=C(O)c7c(O)ccc(O)c7C(=O)C654)C23C(=O)c2c(O)ccc([O][Sb]3[O]c4ccccc4[O]3)c21.c1ccc2c(c1)[O][Sb][O]2. The number of aromatic hydroxyl groups is 7. The summed E-state index contributed by atoms with van der Waals surface area (Å²) in [6.45, 7) is 2.79. The molecular formula is C70H47O27Sb2. The first-order valence-electron chi connectivity index (χ1n) is 30.8. The molecule has 20 rings (SSSR count). The molecule has 0 bridgehead atoms. The molecule has 27 nitrogen and oxygen atoms in total. The number of carbonyl (C=O) groups excluding carboxylic acids is 8. The molecule has 99 heavy (non-hydrogen) atoms. The number of Topliss-reactive ketones (excluding diaryl/α,β-unsaturated/α-hetero) is 8. The average molecular weight is 1560 g/mol. The topological polar surface area (TPSA) is 466 Å². The number of hydrogen-bond acceptors (Lipinski definition) is 27. The van der Waals surface area contributed by atoms with Crippen LogP contribution in [0.15, 0.2) is 113 Å². The Morgan fingerprint density at radius 1 is 0.414 bits per heavy atom. The average Bonchev–Trinajstić information content (AvgIpc) is 1.00. The molecule has 0 aromatic heterocycles. The van der Waals surface area contributed by atoms with Crippen LogP contribution >= 0.6 is 0 Å². The minimum atomic E-state index is -3.46. The van der Waals surface area contributed by atoms with E-state index in [0.29, 0.717) is 11.5 Å². The number of aliphatic hydroxyl groups is 7. The van der Waals surface area contributed by atoms with Crippen molar-refractivity contribution >= 4 is 107 Å². The predicted octanol–water partition coefficient (Wildman–Crippen LogP) is 3.99. The van der Waals surface area contributed by atoms with E-state index >= 15 is 0 Å². The third kappa shape index (κ3) is 6.54. The molecule has 12 aliphatic carbocycles. The Morgan fingerprint density at radius 3 is 1.20 bits per heavy atom. The van der Waals surface area contributed by atoms with Crippen LogP contribution in [0.5, 0.6) is 69.0 Å². The second-order valence-electron chi connectivity index (χ2n) is 26.9. The van der Waals surface area contributed by atoms with Crippen LogP contribution in [-0.4, -0.2) is 186 Å². The number of hydrogen-bond donors (Lipinski definition) is 14. The first-order chi connectivity index (χ1) is 47.1. The van der Waals surface area contributed by atoms with Crippen molar-refractivity contribution in [2.45, 2.75) is 38.3 Å². The molecule has 16 unspecified atom stereocenters. The molecule has 29 heteroatoms. The summed E-state index contributed by atoms with van der Waals surface area (Å²) in [4.78, 5) is 111. The summed E-state index contributed by atoms with van der Waals surface area (Å²) in [5, 5.41) is 154. The number of benzene rings is 6. The number of aliphatic hydroxyl groups excluding tert-OH is 7. The summed E-state index contributed by atoms with van der Waals surface area (Å²) in [5.74, 6) is -20.7. The molecule has 2 aliphatic heterocycles. The minimum absolute atomic E-state index is 0.0177. The van der Waals surface area contributed by atoms with Gasteiger partial charge >= 0.3 is 315 Å². The fourth-order valence-electron chi connectivity index (χ4n) is 19.5. The zero-order chi connectivity index (χ0) is 69.7. The van der Waals surface area contributed by atoms with Crippen LogP contribution in [-0.2, 0) is 14.4 Å². The molecule has 6 aromatic carbocycles. The molecule has 4 spiro atoms. The third-order valence-corrected chi connectivity index (χ3v) is 27.9. The zero-order valence-electron chi connectivity index (χ0n) is 50.6. The van der Waals surface area contributed by atoms with Gasteiger partial charge in [0.25, 0.3) is 0 Å². The Hall–Kier alpha value is -9.88. The number of carbonyl (C=O) groups is 8. The summed E-state index contributed by atoms with van der Waals surface area (Å²) in [6.07, 6.45) is -4.75. The summed E-state index contributed by atoms with van der Waals surface area (Å²) in [5.41, 5.74) is -12.3. The van der Waals surface area contributed by atoms with E-state index in [1.807, 2.05) is 24.3 Å². The van der Waals surface area contributed by atoms with E-state index < -0.39 is 291 Å². The Morgan fingerprint density at radius 2 is 0.768 bits per heavy atom. The molecule has 0 saturated heterocycles. The third-order valence-electron chi connectivity index (χ3n) is 23.4. The summed E-state index contributed by atoms with van der Waals surface area (Å²) in [7, 11) is 0. The van der Waals surface area contributed by atoms with Crippen LogP contribution in [0.4, 0.5) is 0 Å². The molecule has 2 heterocycles. The first-order valence-corrected chi connectivity index (χ1v) is 36.1. The van der Waals surface area contributed by atoms with Gasteiger partial charge in [0, 0.05) is 11.8 Å². The quantitative estimate of drug-likeness (QED) is 0.0876. The second-order valence-corrected chi connectivity index (χ2v) is 31.3. The van der Waals surface area contributed by atoms with E-state index in [4.69, 9.17) is 15.1 Å². The molecule has 14 N–H and O–H groups in total. The van der Waals surface area contributed by atoms with Gasteiger partial charge in [0.15, 0.2) is 23.1 Å². The van der Waals surface area contributed by atoms with Crippen LogP contribution in [0.25, 0.3) is 17.3 Å². The Balaban J connectivity index is 0.000000128. The van der Waals surface area contributed by atoms with Crippen molar-refractivity contribution in [3.63, 3.8) is 0 Å². The van der Waals surface area contributed by atoms with Crippen molar-refractivity contribution < 1.29 is 125 Å². The maximum absolute atomic E-state index is 14.6. The predicted molar refractivity (Wildman–Crippen MR) is 330 cm³/mol. The first kappa shape index (κ1) is 61.4.